The van der Waals surface area contributed by atoms with Crippen LogP contribution in [-0.4, -0.2) is 44.9 Å². The zero-order valence-corrected chi connectivity index (χ0v) is 13.8. The summed E-state index contributed by atoms with van der Waals surface area (Å²) in [4.78, 5) is 12.3. The largest absolute Gasteiger partial charge is 0.387 e. The fourth-order valence-electron chi connectivity index (χ4n) is 2.18. The Balaban J connectivity index is 2.78. The van der Waals surface area contributed by atoms with Gasteiger partial charge in [0, 0.05) is 24.5 Å². The minimum atomic E-state index is -0.893. The van der Waals surface area contributed by atoms with E-state index in [2.05, 4.69) is 17.3 Å². The van der Waals surface area contributed by atoms with Crippen LogP contribution in [0.5, 0.6) is 0 Å². The number of aliphatic hydroxyl groups is 1. The van der Waals surface area contributed by atoms with Gasteiger partial charge in [0.25, 0.3) is 5.91 Å². The molecule has 6 heteroatoms. The van der Waals surface area contributed by atoms with Gasteiger partial charge in [-0.2, -0.15) is 16.9 Å². The first-order valence-electron chi connectivity index (χ1n) is 6.86. The molecule has 0 saturated carbocycles. The molecule has 0 saturated heterocycles. The van der Waals surface area contributed by atoms with Crippen molar-refractivity contribution < 1.29 is 9.90 Å². The second kappa shape index (κ2) is 7.13. The summed E-state index contributed by atoms with van der Waals surface area (Å²) in [5, 5.41) is 17.3. The van der Waals surface area contributed by atoms with Gasteiger partial charge in [0.15, 0.2) is 0 Å². The molecule has 1 aromatic heterocycles. The van der Waals surface area contributed by atoms with E-state index in [1.807, 2.05) is 24.8 Å². The van der Waals surface area contributed by atoms with Crippen molar-refractivity contribution in [1.82, 2.24) is 15.1 Å². The maximum absolute atomic E-state index is 12.3. The summed E-state index contributed by atoms with van der Waals surface area (Å²) in [7, 11) is 0. The highest BCUT2D eigenvalue weighted by molar-refractivity contribution is 7.98. The summed E-state index contributed by atoms with van der Waals surface area (Å²) >= 11 is 1.56. The van der Waals surface area contributed by atoms with E-state index in [0.717, 1.165) is 24.4 Å². The minimum Gasteiger partial charge on any atom is -0.387 e. The molecule has 0 radical (unpaired) electrons. The van der Waals surface area contributed by atoms with Crippen molar-refractivity contribution in [2.45, 2.75) is 46.3 Å². The fraction of sp³-hybridized carbons (Fsp3) is 0.714. The molecule has 114 valence electrons. The highest BCUT2D eigenvalue weighted by Crippen LogP contribution is 2.14. The van der Waals surface area contributed by atoms with Gasteiger partial charge in [-0.1, -0.05) is 6.92 Å². The third-order valence-corrected chi connectivity index (χ3v) is 4.04. The van der Waals surface area contributed by atoms with Gasteiger partial charge in [0.1, 0.15) is 0 Å². The summed E-state index contributed by atoms with van der Waals surface area (Å²) in [6.45, 7) is 8.60. The lowest BCUT2D eigenvalue weighted by atomic mass is 10.1. The van der Waals surface area contributed by atoms with E-state index < -0.39 is 5.60 Å². The predicted molar refractivity (Wildman–Crippen MR) is 83.3 cm³/mol. The Morgan fingerprint density at radius 3 is 2.70 bits per heavy atom. The number of carbonyl (C=O) groups is 1. The lowest BCUT2D eigenvalue weighted by Gasteiger charge is -2.22. The van der Waals surface area contributed by atoms with Crippen molar-refractivity contribution in [1.29, 1.82) is 0 Å². The van der Waals surface area contributed by atoms with Gasteiger partial charge in [0.2, 0.25) is 0 Å². The van der Waals surface area contributed by atoms with Crippen LogP contribution in [0.2, 0.25) is 0 Å². The van der Waals surface area contributed by atoms with E-state index >= 15 is 0 Å². The Morgan fingerprint density at radius 2 is 2.15 bits per heavy atom. The Kier molecular flexibility index (Phi) is 6.07. The molecule has 0 aromatic carbocycles. The van der Waals surface area contributed by atoms with Gasteiger partial charge in [-0.25, -0.2) is 0 Å². The molecule has 1 rings (SSSR count). The zero-order chi connectivity index (χ0) is 15.3. The molecule has 1 heterocycles. The van der Waals surface area contributed by atoms with Gasteiger partial charge in [-0.05, 0) is 33.4 Å². The van der Waals surface area contributed by atoms with Crippen molar-refractivity contribution in [2.75, 3.05) is 18.6 Å². The van der Waals surface area contributed by atoms with E-state index in [-0.39, 0.29) is 12.5 Å². The Hall–Kier alpha value is -1.01. The Morgan fingerprint density at radius 1 is 1.50 bits per heavy atom. The molecule has 1 unspecified atom stereocenters. The molecule has 0 aliphatic rings. The molecule has 5 nitrogen and oxygen atoms in total. The maximum atomic E-state index is 12.3. The summed E-state index contributed by atoms with van der Waals surface area (Å²) < 4.78 is 1.87. The number of carbonyl (C=O) groups excluding carboxylic acids is 1. The summed E-state index contributed by atoms with van der Waals surface area (Å²) in [6.07, 6.45) is 2.91. The van der Waals surface area contributed by atoms with Gasteiger partial charge in [-0.15, -0.1) is 0 Å². The van der Waals surface area contributed by atoms with E-state index in [9.17, 15) is 9.90 Å². The summed E-state index contributed by atoms with van der Waals surface area (Å²) in [6, 6.07) is 0. The fourth-order valence-corrected chi connectivity index (χ4v) is 2.90. The first-order chi connectivity index (χ1) is 9.32. The molecular weight excluding hydrogens is 274 g/mol. The Bertz CT molecular complexity index is 469. The molecule has 1 aromatic rings. The first kappa shape index (κ1) is 17.0. The lowest BCUT2D eigenvalue weighted by Crippen LogP contribution is -2.42. The molecule has 0 bridgehead atoms. The van der Waals surface area contributed by atoms with Gasteiger partial charge in [-0.3, -0.25) is 9.48 Å². The smallest absolute Gasteiger partial charge is 0.255 e. The van der Waals surface area contributed by atoms with Crippen LogP contribution < -0.4 is 5.32 Å². The van der Waals surface area contributed by atoms with Crippen molar-refractivity contribution in [3.63, 3.8) is 0 Å². The second-order valence-corrected chi connectivity index (χ2v) is 6.25. The number of nitrogens with one attached hydrogen (secondary N) is 1. The van der Waals surface area contributed by atoms with Crippen molar-refractivity contribution >= 4 is 17.7 Å². The average molecular weight is 299 g/mol. The van der Waals surface area contributed by atoms with Crippen LogP contribution in [0, 0.1) is 13.8 Å². The molecule has 0 spiro atoms. The van der Waals surface area contributed by atoms with Crippen LogP contribution >= 0.6 is 11.8 Å². The normalized spacial score (nSPS) is 14.1. The van der Waals surface area contributed by atoms with Crippen LogP contribution in [0.25, 0.3) is 0 Å². The average Bonchev–Trinajstić information content (AvgIpc) is 2.62. The third-order valence-electron chi connectivity index (χ3n) is 3.13. The zero-order valence-electron chi connectivity index (χ0n) is 13.0. The molecule has 1 amide bonds. The lowest BCUT2D eigenvalue weighted by molar-refractivity contribution is 0.0724. The number of thioether (sulfide) groups is 1. The SMILES string of the molecule is CCCn1nc(C)c(C(=O)NCC(C)(O)CSC)c1C. The highest BCUT2D eigenvalue weighted by atomic mass is 32.2. The number of hydrogen-bond acceptors (Lipinski definition) is 4. The number of aromatic nitrogens is 2. The van der Waals surface area contributed by atoms with E-state index in [0.29, 0.717) is 11.3 Å². The summed E-state index contributed by atoms with van der Waals surface area (Å²) in [5.74, 6) is 0.420. The van der Waals surface area contributed by atoms with Crippen molar-refractivity contribution in [3.05, 3.63) is 17.0 Å². The van der Waals surface area contributed by atoms with Gasteiger partial charge < -0.3 is 10.4 Å². The maximum Gasteiger partial charge on any atom is 0.255 e. The molecule has 0 fully saturated rings. The Labute approximate surface area is 125 Å². The molecular formula is C14H25N3O2S. The first-order valence-corrected chi connectivity index (χ1v) is 8.25. The topological polar surface area (TPSA) is 67.2 Å². The third kappa shape index (κ3) is 4.24. The van der Waals surface area contributed by atoms with Crippen LogP contribution in [0.4, 0.5) is 0 Å². The predicted octanol–water partition coefficient (Wildman–Crippen LogP) is 1.75. The number of rotatable bonds is 7. The molecule has 2 N–H and O–H groups in total. The number of aryl methyl sites for hydroxylation is 2. The highest BCUT2D eigenvalue weighted by Gasteiger charge is 2.23. The minimum absolute atomic E-state index is 0.163. The number of amides is 1. The van der Waals surface area contributed by atoms with E-state index in [1.165, 1.54) is 0 Å². The summed E-state index contributed by atoms with van der Waals surface area (Å²) in [5.41, 5.74) is 1.35. The van der Waals surface area contributed by atoms with Crippen LogP contribution in [-0.2, 0) is 6.54 Å². The van der Waals surface area contributed by atoms with Gasteiger partial charge in [0.05, 0.1) is 16.9 Å². The molecule has 20 heavy (non-hydrogen) atoms. The monoisotopic (exact) mass is 299 g/mol. The van der Waals surface area contributed by atoms with E-state index in [1.54, 1.807) is 18.7 Å². The molecule has 0 aliphatic heterocycles. The van der Waals surface area contributed by atoms with Crippen LogP contribution in [0.15, 0.2) is 0 Å². The second-order valence-electron chi connectivity index (χ2n) is 5.38. The van der Waals surface area contributed by atoms with Crippen molar-refractivity contribution in [2.24, 2.45) is 0 Å². The number of nitrogens with zero attached hydrogens (tertiary/aromatic N) is 2. The van der Waals surface area contributed by atoms with Crippen molar-refractivity contribution in [3.8, 4) is 0 Å². The van der Waals surface area contributed by atoms with E-state index in [4.69, 9.17) is 0 Å². The van der Waals surface area contributed by atoms with Crippen LogP contribution in [0.1, 0.15) is 42.0 Å². The standard InChI is InChI=1S/C14H25N3O2S/c1-6-7-17-11(3)12(10(2)16-17)13(18)15-8-14(4,19)9-20-5/h19H,6-9H2,1-5H3,(H,15,18). The molecule has 0 aliphatic carbocycles. The van der Waals surface area contributed by atoms with Gasteiger partial charge >= 0.3 is 0 Å². The quantitative estimate of drug-likeness (QED) is 0.805. The van der Waals surface area contributed by atoms with Crippen LogP contribution in [0.3, 0.4) is 0 Å². The molecule has 1 atom stereocenters. The number of hydrogen-bond donors (Lipinski definition) is 2.